The lowest BCUT2D eigenvalue weighted by Crippen LogP contribution is -2.40. The van der Waals surface area contributed by atoms with Gasteiger partial charge in [-0.2, -0.15) is 0 Å². The lowest BCUT2D eigenvalue weighted by atomic mass is 9.99. The molecule has 1 fully saturated rings. The number of carbonyl (C=O) groups is 2. The summed E-state index contributed by atoms with van der Waals surface area (Å²) in [5, 5.41) is 0. The maximum atomic E-state index is 13.5. The normalized spacial score (nSPS) is 17.2. The second-order valence-corrected chi connectivity index (χ2v) is 7.67. The number of benzene rings is 2. The van der Waals surface area contributed by atoms with Gasteiger partial charge in [-0.1, -0.05) is 30.3 Å². The van der Waals surface area contributed by atoms with Gasteiger partial charge in [-0.25, -0.2) is 0 Å². The molecule has 0 unspecified atom stereocenters. The van der Waals surface area contributed by atoms with E-state index < -0.39 is 0 Å². The summed E-state index contributed by atoms with van der Waals surface area (Å²) in [5.41, 5.74) is 4.88. The van der Waals surface area contributed by atoms with Gasteiger partial charge in [0.25, 0.3) is 11.8 Å². The molecule has 156 valence electrons. The topological polar surface area (TPSA) is 59.1 Å². The second-order valence-electron chi connectivity index (χ2n) is 7.67. The standard InChI is InChI=1S/C24H26N2O4/c1-16-4-7-19(14-17(16)2)21-22(25-10-12-30-13-11-25)24(28)26(23(21)27)15-18-5-8-20(29-3)9-6-18/h4-9,14H,10-13,15H2,1-3H3. The molecule has 1 saturated heterocycles. The van der Waals surface area contributed by atoms with Crippen molar-refractivity contribution >= 4 is 17.4 Å². The van der Waals surface area contributed by atoms with Crippen LogP contribution in [0.4, 0.5) is 0 Å². The number of imide groups is 1. The molecule has 6 heteroatoms. The third-order valence-corrected chi connectivity index (χ3v) is 5.77. The molecule has 0 bridgehead atoms. The van der Waals surface area contributed by atoms with Crippen molar-refractivity contribution in [1.82, 2.24) is 9.80 Å². The number of methoxy groups -OCH3 is 1. The average molecular weight is 406 g/mol. The summed E-state index contributed by atoms with van der Waals surface area (Å²) in [6.07, 6.45) is 0. The van der Waals surface area contributed by atoms with E-state index in [1.54, 1.807) is 7.11 Å². The third kappa shape index (κ3) is 3.71. The minimum atomic E-state index is -0.249. The Kier molecular flexibility index (Phi) is 5.59. The lowest BCUT2D eigenvalue weighted by molar-refractivity contribution is -0.138. The number of rotatable bonds is 5. The Labute approximate surface area is 176 Å². The number of nitrogens with zero attached hydrogens (tertiary/aromatic N) is 2. The van der Waals surface area contributed by atoms with Crippen LogP contribution in [-0.2, 0) is 20.9 Å². The van der Waals surface area contributed by atoms with Gasteiger partial charge >= 0.3 is 0 Å². The molecule has 30 heavy (non-hydrogen) atoms. The Morgan fingerprint density at radius 2 is 1.63 bits per heavy atom. The minimum Gasteiger partial charge on any atom is -0.497 e. The van der Waals surface area contributed by atoms with Crippen LogP contribution in [0.15, 0.2) is 48.2 Å². The zero-order valence-electron chi connectivity index (χ0n) is 17.6. The van der Waals surface area contributed by atoms with Gasteiger partial charge in [-0.15, -0.1) is 0 Å². The van der Waals surface area contributed by atoms with Gasteiger partial charge in [-0.3, -0.25) is 14.5 Å². The van der Waals surface area contributed by atoms with Gasteiger partial charge in [-0.05, 0) is 48.2 Å². The van der Waals surface area contributed by atoms with Gasteiger partial charge < -0.3 is 14.4 Å². The predicted molar refractivity (Wildman–Crippen MR) is 114 cm³/mol. The highest BCUT2D eigenvalue weighted by atomic mass is 16.5. The van der Waals surface area contributed by atoms with Gasteiger partial charge in [0, 0.05) is 13.1 Å². The zero-order chi connectivity index (χ0) is 21.3. The smallest absolute Gasteiger partial charge is 0.278 e. The van der Waals surface area contributed by atoms with Crippen molar-refractivity contribution in [2.45, 2.75) is 20.4 Å². The van der Waals surface area contributed by atoms with Gasteiger partial charge in [0.2, 0.25) is 0 Å². The van der Waals surface area contributed by atoms with Crippen LogP contribution in [0.1, 0.15) is 22.3 Å². The van der Waals surface area contributed by atoms with Crippen molar-refractivity contribution in [3.63, 3.8) is 0 Å². The first kappa shape index (κ1) is 20.2. The Hall–Kier alpha value is -3.12. The van der Waals surface area contributed by atoms with Crippen LogP contribution in [0.3, 0.4) is 0 Å². The van der Waals surface area contributed by atoms with Crippen LogP contribution >= 0.6 is 0 Å². The van der Waals surface area contributed by atoms with Gasteiger partial charge in [0.05, 0.1) is 32.4 Å². The molecule has 0 saturated carbocycles. The van der Waals surface area contributed by atoms with Crippen LogP contribution in [-0.4, -0.2) is 55.0 Å². The maximum absolute atomic E-state index is 13.5. The Bertz CT molecular complexity index is 1000. The summed E-state index contributed by atoms with van der Waals surface area (Å²) in [7, 11) is 1.61. The number of hydrogen-bond acceptors (Lipinski definition) is 5. The SMILES string of the molecule is COc1ccc(CN2C(=O)C(c3ccc(C)c(C)c3)=C(N3CCOCC3)C2=O)cc1. The van der Waals surface area contributed by atoms with Crippen molar-refractivity contribution in [1.29, 1.82) is 0 Å². The molecule has 2 aliphatic rings. The Morgan fingerprint density at radius 1 is 0.933 bits per heavy atom. The van der Waals surface area contributed by atoms with E-state index in [1.165, 1.54) is 4.90 Å². The predicted octanol–water partition coefficient (Wildman–Crippen LogP) is 2.92. The highest BCUT2D eigenvalue weighted by Gasteiger charge is 2.41. The first-order valence-electron chi connectivity index (χ1n) is 10.1. The summed E-state index contributed by atoms with van der Waals surface area (Å²) < 4.78 is 10.7. The molecule has 0 N–H and O–H groups in total. The summed E-state index contributed by atoms with van der Waals surface area (Å²) in [4.78, 5) is 30.2. The molecule has 0 aliphatic carbocycles. The fourth-order valence-corrected chi connectivity index (χ4v) is 3.86. The van der Waals surface area contributed by atoms with E-state index in [9.17, 15) is 9.59 Å². The number of carbonyl (C=O) groups excluding carboxylic acids is 2. The van der Waals surface area contributed by atoms with Crippen LogP contribution in [0, 0.1) is 13.8 Å². The molecule has 6 nitrogen and oxygen atoms in total. The minimum absolute atomic E-state index is 0.226. The van der Waals surface area contributed by atoms with Crippen molar-refractivity contribution in [2.24, 2.45) is 0 Å². The summed E-state index contributed by atoms with van der Waals surface area (Å²) in [6, 6.07) is 13.3. The molecule has 0 spiro atoms. The first-order valence-corrected chi connectivity index (χ1v) is 10.1. The summed E-state index contributed by atoms with van der Waals surface area (Å²) >= 11 is 0. The number of amides is 2. The van der Waals surface area contributed by atoms with Crippen LogP contribution < -0.4 is 4.74 Å². The molecule has 0 atom stereocenters. The molecular weight excluding hydrogens is 380 g/mol. The molecule has 0 radical (unpaired) electrons. The van der Waals surface area contributed by atoms with E-state index in [2.05, 4.69) is 0 Å². The molecule has 2 aromatic rings. The van der Waals surface area contributed by atoms with Crippen LogP contribution in [0.2, 0.25) is 0 Å². The van der Waals surface area contributed by atoms with Crippen molar-refractivity contribution in [2.75, 3.05) is 33.4 Å². The number of morpholine rings is 1. The largest absolute Gasteiger partial charge is 0.497 e. The second kappa shape index (κ2) is 8.32. The average Bonchev–Trinajstić information content (AvgIpc) is 3.01. The molecule has 0 aromatic heterocycles. The lowest BCUT2D eigenvalue weighted by Gasteiger charge is -2.29. The first-order chi connectivity index (χ1) is 14.5. The molecule has 4 rings (SSSR count). The Balaban J connectivity index is 1.72. The molecule has 2 heterocycles. The Morgan fingerprint density at radius 3 is 2.27 bits per heavy atom. The van der Waals surface area contributed by atoms with E-state index in [1.807, 2.05) is 61.2 Å². The highest BCUT2D eigenvalue weighted by Crippen LogP contribution is 2.34. The zero-order valence-corrected chi connectivity index (χ0v) is 17.6. The van der Waals surface area contributed by atoms with E-state index in [-0.39, 0.29) is 18.4 Å². The van der Waals surface area contributed by atoms with Gasteiger partial charge in [0.15, 0.2) is 0 Å². The van der Waals surface area contributed by atoms with Crippen molar-refractivity contribution in [3.05, 3.63) is 70.4 Å². The number of hydrogen-bond donors (Lipinski definition) is 0. The van der Waals surface area contributed by atoms with Crippen molar-refractivity contribution < 1.29 is 19.1 Å². The maximum Gasteiger partial charge on any atom is 0.278 e. The third-order valence-electron chi connectivity index (χ3n) is 5.77. The van der Waals surface area contributed by atoms with Crippen LogP contribution in [0.5, 0.6) is 5.75 Å². The monoisotopic (exact) mass is 406 g/mol. The van der Waals surface area contributed by atoms with E-state index in [4.69, 9.17) is 9.47 Å². The summed E-state index contributed by atoms with van der Waals surface area (Å²) in [6.45, 7) is 6.56. The summed E-state index contributed by atoms with van der Waals surface area (Å²) in [5.74, 6) is 0.243. The molecular formula is C24H26N2O4. The molecule has 2 aliphatic heterocycles. The van der Waals surface area contributed by atoms with Crippen molar-refractivity contribution in [3.8, 4) is 5.75 Å². The fourth-order valence-electron chi connectivity index (χ4n) is 3.86. The van der Waals surface area contributed by atoms with Crippen LogP contribution in [0.25, 0.3) is 5.57 Å². The fraction of sp³-hybridized carbons (Fsp3) is 0.333. The van der Waals surface area contributed by atoms with E-state index in [0.29, 0.717) is 37.6 Å². The van der Waals surface area contributed by atoms with E-state index >= 15 is 0 Å². The number of ether oxygens (including phenoxy) is 2. The molecule has 2 amide bonds. The molecule has 2 aromatic carbocycles. The number of aryl methyl sites for hydroxylation is 2. The van der Waals surface area contributed by atoms with Gasteiger partial charge in [0.1, 0.15) is 11.4 Å². The quantitative estimate of drug-likeness (QED) is 0.715. The highest BCUT2D eigenvalue weighted by molar-refractivity contribution is 6.35. The van der Waals surface area contributed by atoms with E-state index in [0.717, 1.165) is 28.0 Å².